The van der Waals surface area contributed by atoms with Crippen LogP contribution in [0, 0.1) is 11.6 Å². The molecule has 1 N–H and O–H groups in total. The Bertz CT molecular complexity index is 1060. The van der Waals surface area contributed by atoms with Crippen molar-refractivity contribution in [2.24, 2.45) is 0 Å². The van der Waals surface area contributed by atoms with Crippen molar-refractivity contribution in [3.05, 3.63) is 54.1 Å². The molecule has 0 aliphatic carbocycles. The lowest BCUT2D eigenvalue weighted by molar-refractivity contribution is -0.116. The van der Waals surface area contributed by atoms with Gasteiger partial charge < -0.3 is 15.0 Å². The van der Waals surface area contributed by atoms with Crippen LogP contribution in [0.2, 0.25) is 0 Å². The third-order valence-corrected chi connectivity index (χ3v) is 6.58. The van der Waals surface area contributed by atoms with Crippen LogP contribution in [-0.2, 0) is 14.8 Å². The number of halogens is 2. The standard InChI is InChI=1S/C22H27F2N3O4S/c1-15(27(32(3,29)30)17-6-9-20(23)21(24)14-17)22(28)25-16-4-7-18(8-5-16)31-19-10-12-26(2)13-11-19/h4-9,14-15,19H,10-13H2,1-3H3,(H,25,28)/t15-/m1/s1. The van der Waals surface area contributed by atoms with Crippen molar-refractivity contribution in [3.63, 3.8) is 0 Å². The van der Waals surface area contributed by atoms with E-state index in [1.807, 2.05) is 0 Å². The summed E-state index contributed by atoms with van der Waals surface area (Å²) in [6.07, 6.45) is 2.93. The summed E-state index contributed by atoms with van der Waals surface area (Å²) >= 11 is 0. The van der Waals surface area contributed by atoms with Gasteiger partial charge in [-0.2, -0.15) is 0 Å². The van der Waals surface area contributed by atoms with E-state index in [1.165, 1.54) is 6.92 Å². The molecule has 0 bridgehead atoms. The second-order valence-electron chi connectivity index (χ2n) is 7.97. The Morgan fingerprint density at radius 3 is 2.31 bits per heavy atom. The van der Waals surface area contributed by atoms with E-state index in [2.05, 4.69) is 17.3 Å². The van der Waals surface area contributed by atoms with Crippen LogP contribution in [0.4, 0.5) is 20.2 Å². The molecule has 1 amide bonds. The van der Waals surface area contributed by atoms with E-state index in [-0.39, 0.29) is 11.8 Å². The van der Waals surface area contributed by atoms with E-state index in [0.717, 1.165) is 54.7 Å². The third kappa shape index (κ3) is 5.95. The lowest BCUT2D eigenvalue weighted by atomic mass is 10.1. The number of nitrogens with one attached hydrogen (secondary N) is 1. The van der Waals surface area contributed by atoms with Gasteiger partial charge in [0.25, 0.3) is 0 Å². The number of carbonyl (C=O) groups excluding carboxylic acids is 1. The molecule has 1 atom stereocenters. The van der Waals surface area contributed by atoms with Crippen molar-refractivity contribution in [1.82, 2.24) is 4.90 Å². The monoisotopic (exact) mass is 467 g/mol. The molecule has 0 radical (unpaired) electrons. The second-order valence-corrected chi connectivity index (χ2v) is 9.83. The van der Waals surface area contributed by atoms with Crippen LogP contribution in [0.1, 0.15) is 19.8 Å². The number of amides is 1. The number of nitrogens with zero attached hydrogens (tertiary/aromatic N) is 2. The van der Waals surface area contributed by atoms with Crippen LogP contribution in [0.5, 0.6) is 5.75 Å². The number of hydrogen-bond donors (Lipinski definition) is 1. The van der Waals surface area contributed by atoms with Gasteiger partial charge >= 0.3 is 0 Å². The smallest absolute Gasteiger partial charge is 0.247 e. The predicted molar refractivity (Wildman–Crippen MR) is 119 cm³/mol. The number of benzene rings is 2. The SMILES string of the molecule is C[C@H](C(=O)Nc1ccc(OC2CCN(C)CC2)cc1)N(c1ccc(F)c(F)c1)S(C)(=O)=O. The molecule has 32 heavy (non-hydrogen) atoms. The molecule has 1 fully saturated rings. The minimum Gasteiger partial charge on any atom is -0.490 e. The number of carbonyl (C=O) groups is 1. The van der Waals surface area contributed by atoms with Crippen molar-refractivity contribution in [2.45, 2.75) is 31.9 Å². The lowest BCUT2D eigenvalue weighted by Gasteiger charge is -2.29. The quantitative estimate of drug-likeness (QED) is 0.677. The molecule has 0 saturated carbocycles. The molecule has 1 saturated heterocycles. The fraction of sp³-hybridized carbons (Fsp3) is 0.409. The Labute approximate surface area is 187 Å². The highest BCUT2D eigenvalue weighted by Gasteiger charge is 2.30. The first-order valence-electron chi connectivity index (χ1n) is 10.2. The van der Waals surface area contributed by atoms with E-state index in [0.29, 0.717) is 11.4 Å². The maximum Gasteiger partial charge on any atom is 0.247 e. The Morgan fingerprint density at radius 1 is 1.12 bits per heavy atom. The van der Waals surface area contributed by atoms with E-state index in [4.69, 9.17) is 4.74 Å². The Balaban J connectivity index is 1.68. The van der Waals surface area contributed by atoms with E-state index in [1.54, 1.807) is 24.3 Å². The largest absolute Gasteiger partial charge is 0.490 e. The average molecular weight is 468 g/mol. The number of likely N-dealkylation sites (tertiary alicyclic amines) is 1. The summed E-state index contributed by atoms with van der Waals surface area (Å²) in [5, 5.41) is 2.65. The number of hydrogen-bond acceptors (Lipinski definition) is 5. The summed E-state index contributed by atoms with van der Waals surface area (Å²) in [4.78, 5) is 15.0. The van der Waals surface area contributed by atoms with Crippen LogP contribution in [0.3, 0.4) is 0 Å². The van der Waals surface area contributed by atoms with Gasteiger partial charge in [0.05, 0.1) is 11.9 Å². The van der Waals surface area contributed by atoms with Crippen molar-refractivity contribution >= 4 is 27.3 Å². The summed E-state index contributed by atoms with van der Waals surface area (Å²) in [6, 6.07) is 8.27. The maximum atomic E-state index is 13.7. The molecule has 0 unspecified atom stereocenters. The van der Waals surface area contributed by atoms with Crippen LogP contribution < -0.4 is 14.4 Å². The van der Waals surface area contributed by atoms with Gasteiger partial charge in [-0.05, 0) is 63.2 Å². The fourth-order valence-electron chi connectivity index (χ4n) is 3.59. The maximum absolute atomic E-state index is 13.7. The lowest BCUT2D eigenvalue weighted by Crippen LogP contribution is -2.45. The number of anilines is 2. The summed E-state index contributed by atoms with van der Waals surface area (Å²) in [5.41, 5.74) is 0.312. The molecule has 1 aliphatic rings. The van der Waals surface area contributed by atoms with Crippen molar-refractivity contribution in [3.8, 4) is 5.75 Å². The molecule has 3 rings (SSSR count). The molecule has 174 valence electrons. The van der Waals surface area contributed by atoms with Gasteiger partial charge in [0.1, 0.15) is 17.9 Å². The number of rotatable bonds is 7. The molecule has 2 aromatic carbocycles. The zero-order valence-corrected chi connectivity index (χ0v) is 19.0. The van der Waals surface area contributed by atoms with Gasteiger partial charge in [-0.15, -0.1) is 0 Å². The van der Waals surface area contributed by atoms with Crippen molar-refractivity contribution < 1.29 is 26.7 Å². The average Bonchev–Trinajstić information content (AvgIpc) is 2.73. The minimum atomic E-state index is -3.95. The number of ether oxygens (including phenoxy) is 1. The van der Waals surface area contributed by atoms with Crippen LogP contribution in [0.15, 0.2) is 42.5 Å². The molecule has 0 spiro atoms. The minimum absolute atomic E-state index is 0.143. The third-order valence-electron chi connectivity index (χ3n) is 5.34. The van der Waals surface area contributed by atoms with Gasteiger partial charge in [-0.25, -0.2) is 17.2 Å². The van der Waals surface area contributed by atoms with E-state index < -0.39 is 33.6 Å². The first kappa shape index (κ1) is 23.9. The Hall–Kier alpha value is -2.72. The Kier molecular flexibility index (Phi) is 7.35. The molecular formula is C22H27F2N3O4S. The van der Waals surface area contributed by atoms with E-state index >= 15 is 0 Å². The number of sulfonamides is 1. The molecule has 1 heterocycles. The summed E-state index contributed by atoms with van der Waals surface area (Å²) in [7, 11) is -1.88. The predicted octanol–water partition coefficient (Wildman–Crippen LogP) is 3.23. The fourth-order valence-corrected chi connectivity index (χ4v) is 4.76. The van der Waals surface area contributed by atoms with Crippen molar-refractivity contribution in [1.29, 1.82) is 0 Å². The van der Waals surface area contributed by atoms with Gasteiger partial charge in [0.15, 0.2) is 11.6 Å². The molecule has 10 heteroatoms. The normalized spacial score (nSPS) is 16.4. The highest BCUT2D eigenvalue weighted by molar-refractivity contribution is 7.92. The zero-order chi connectivity index (χ0) is 23.5. The summed E-state index contributed by atoms with van der Waals surface area (Å²) in [6.45, 7) is 3.33. The Morgan fingerprint density at radius 2 is 1.75 bits per heavy atom. The molecular weight excluding hydrogens is 440 g/mol. The number of piperidine rings is 1. The van der Waals surface area contributed by atoms with Gasteiger partial charge in [-0.1, -0.05) is 0 Å². The topological polar surface area (TPSA) is 79.0 Å². The van der Waals surface area contributed by atoms with Crippen LogP contribution in [0.25, 0.3) is 0 Å². The van der Waals surface area contributed by atoms with Crippen LogP contribution in [-0.4, -0.2) is 57.8 Å². The highest BCUT2D eigenvalue weighted by Crippen LogP contribution is 2.25. The summed E-state index contributed by atoms with van der Waals surface area (Å²) in [5.74, 6) is -2.25. The first-order chi connectivity index (χ1) is 15.0. The molecule has 0 aromatic heterocycles. The first-order valence-corrected chi connectivity index (χ1v) is 12.1. The van der Waals surface area contributed by atoms with Crippen LogP contribution >= 0.6 is 0 Å². The molecule has 7 nitrogen and oxygen atoms in total. The molecule has 2 aromatic rings. The van der Waals surface area contributed by atoms with E-state index in [9.17, 15) is 22.0 Å². The highest BCUT2D eigenvalue weighted by atomic mass is 32.2. The van der Waals surface area contributed by atoms with Gasteiger partial charge in [0.2, 0.25) is 15.9 Å². The van der Waals surface area contributed by atoms with Crippen molar-refractivity contribution in [2.75, 3.05) is 36.0 Å². The van der Waals surface area contributed by atoms with Gasteiger partial charge in [0, 0.05) is 24.8 Å². The van der Waals surface area contributed by atoms with Gasteiger partial charge in [-0.3, -0.25) is 9.10 Å². The second kappa shape index (κ2) is 9.83. The zero-order valence-electron chi connectivity index (χ0n) is 18.2. The molecule has 1 aliphatic heterocycles. The summed E-state index contributed by atoms with van der Waals surface area (Å²) < 4.78 is 58.2.